The zero-order chi connectivity index (χ0) is 21.3. The summed E-state index contributed by atoms with van der Waals surface area (Å²) in [6, 6.07) is 30.2. The van der Waals surface area contributed by atoms with Gasteiger partial charge in [-0.3, -0.25) is 0 Å². The predicted octanol–water partition coefficient (Wildman–Crippen LogP) is 3.66. The van der Waals surface area contributed by atoms with Crippen molar-refractivity contribution in [3.8, 4) is 5.75 Å². The number of halogens is 1. The van der Waals surface area contributed by atoms with Gasteiger partial charge in [0.25, 0.3) is 0 Å². The Hall–Kier alpha value is -3.57. The summed E-state index contributed by atoms with van der Waals surface area (Å²) >= 11 is 6.29. The minimum Gasteiger partial charge on any atom is -0.671 e. The number of fused-ring (bicyclic) bond motifs is 1. The summed E-state index contributed by atoms with van der Waals surface area (Å²) in [6.07, 6.45) is 3.76. The molecule has 1 aromatic heterocycles. The van der Waals surface area contributed by atoms with Gasteiger partial charge >= 0.3 is 6.48 Å². The van der Waals surface area contributed by atoms with E-state index < -0.39 is 6.48 Å². The Morgan fingerprint density at radius 2 is 1.48 bits per heavy atom. The van der Waals surface area contributed by atoms with Crippen molar-refractivity contribution in [2.75, 3.05) is 7.11 Å². The smallest absolute Gasteiger partial charge is 0.423 e. The lowest BCUT2D eigenvalue weighted by Gasteiger charge is -2.44. The van der Waals surface area contributed by atoms with Gasteiger partial charge in [0.15, 0.2) is 0 Å². The van der Waals surface area contributed by atoms with Crippen LogP contribution in [0.15, 0.2) is 97.3 Å². The second-order valence-electron chi connectivity index (χ2n) is 7.46. The van der Waals surface area contributed by atoms with Gasteiger partial charge in [-0.2, -0.15) is 0 Å². The molecule has 0 fully saturated rings. The standard InChI is InChI=1S/C25H20BClN2O2/c1-30-23-14-12-19(13-15-23)24-16-22-17-25(27)28-18-29(22)26(31-24,20-8-4-2-5-9-20)21-10-6-3-7-11-21/h2-18H,1H3. The van der Waals surface area contributed by atoms with Crippen molar-refractivity contribution < 1.29 is 13.9 Å². The van der Waals surface area contributed by atoms with E-state index in [9.17, 15) is 0 Å². The number of hydrogen-bond acceptors (Lipinski definition) is 3. The molecular formula is C25H20BClN2O2. The van der Waals surface area contributed by atoms with Crippen LogP contribution in [0.2, 0.25) is 5.15 Å². The minimum absolute atomic E-state index is 0.435. The van der Waals surface area contributed by atoms with Crippen LogP contribution in [0.1, 0.15) is 11.3 Å². The first-order chi connectivity index (χ1) is 15.2. The number of ether oxygens (including phenoxy) is 1. The molecule has 0 spiro atoms. The van der Waals surface area contributed by atoms with E-state index in [0.717, 1.165) is 33.7 Å². The Balaban J connectivity index is 1.79. The van der Waals surface area contributed by atoms with E-state index in [1.807, 2.05) is 72.8 Å². The molecule has 2 heterocycles. The van der Waals surface area contributed by atoms with E-state index in [-0.39, 0.29) is 0 Å². The molecule has 1 aliphatic heterocycles. The summed E-state index contributed by atoms with van der Waals surface area (Å²) in [5.74, 6) is 1.56. The van der Waals surface area contributed by atoms with Crippen LogP contribution in [0.5, 0.6) is 5.75 Å². The Morgan fingerprint density at radius 3 is 2.06 bits per heavy atom. The van der Waals surface area contributed by atoms with E-state index in [1.54, 1.807) is 13.4 Å². The van der Waals surface area contributed by atoms with Crippen molar-refractivity contribution in [2.45, 2.75) is 0 Å². The molecule has 0 saturated heterocycles. The average Bonchev–Trinajstić information content (AvgIpc) is 2.84. The van der Waals surface area contributed by atoms with Crippen molar-refractivity contribution in [1.29, 1.82) is 0 Å². The molecule has 0 N–H and O–H groups in total. The van der Waals surface area contributed by atoms with E-state index in [4.69, 9.17) is 21.0 Å². The van der Waals surface area contributed by atoms with Crippen LogP contribution < -0.4 is 20.1 Å². The highest BCUT2D eigenvalue weighted by molar-refractivity contribution is 6.91. The summed E-state index contributed by atoms with van der Waals surface area (Å²) in [4.78, 5) is 4.38. The SMILES string of the molecule is COc1ccc(C2=Cc3cc(Cl)nc[n+]3[B-](c3ccccc3)(c3ccccc3)O2)cc1. The zero-order valence-corrected chi connectivity index (χ0v) is 17.7. The minimum atomic E-state index is -1.85. The van der Waals surface area contributed by atoms with Crippen LogP contribution in [0.25, 0.3) is 11.8 Å². The second-order valence-corrected chi connectivity index (χ2v) is 7.85. The highest BCUT2D eigenvalue weighted by Gasteiger charge is 2.44. The fourth-order valence-corrected chi connectivity index (χ4v) is 4.39. The van der Waals surface area contributed by atoms with E-state index in [2.05, 4.69) is 33.7 Å². The van der Waals surface area contributed by atoms with Gasteiger partial charge in [-0.1, -0.05) is 60.7 Å². The molecule has 1 aliphatic rings. The molecule has 5 rings (SSSR count). The molecule has 4 nitrogen and oxygen atoms in total. The molecule has 31 heavy (non-hydrogen) atoms. The molecule has 0 atom stereocenters. The molecular weight excluding hydrogens is 407 g/mol. The van der Waals surface area contributed by atoms with Gasteiger partial charge in [-0.15, -0.1) is 10.9 Å². The first-order valence-electron chi connectivity index (χ1n) is 10.1. The van der Waals surface area contributed by atoms with Crippen molar-refractivity contribution in [2.24, 2.45) is 0 Å². The maximum Gasteiger partial charge on any atom is 0.423 e. The largest absolute Gasteiger partial charge is 0.671 e. The van der Waals surface area contributed by atoms with Gasteiger partial charge in [-0.25, -0.2) is 0 Å². The monoisotopic (exact) mass is 426 g/mol. The normalized spacial score (nSPS) is 14.2. The quantitative estimate of drug-likeness (QED) is 0.369. The van der Waals surface area contributed by atoms with Crippen molar-refractivity contribution in [3.63, 3.8) is 0 Å². The number of rotatable bonds is 4. The molecule has 0 radical (unpaired) electrons. The van der Waals surface area contributed by atoms with E-state index in [0.29, 0.717) is 5.15 Å². The summed E-state index contributed by atoms with van der Waals surface area (Å²) in [5.41, 5.74) is 3.97. The Kier molecular flexibility index (Phi) is 4.96. The molecule has 0 unspecified atom stereocenters. The third-order valence-corrected chi connectivity index (χ3v) is 5.92. The predicted molar refractivity (Wildman–Crippen MR) is 125 cm³/mol. The number of hydrogen-bond donors (Lipinski definition) is 0. The fourth-order valence-electron chi connectivity index (χ4n) is 4.23. The molecule has 0 amide bonds. The van der Waals surface area contributed by atoms with Crippen LogP contribution in [0.4, 0.5) is 0 Å². The van der Waals surface area contributed by atoms with Crippen molar-refractivity contribution in [1.82, 2.24) is 4.98 Å². The molecule has 6 heteroatoms. The average molecular weight is 427 g/mol. The Morgan fingerprint density at radius 1 is 0.871 bits per heavy atom. The summed E-state index contributed by atoms with van der Waals surface area (Å²) in [5, 5.41) is 0.435. The summed E-state index contributed by atoms with van der Waals surface area (Å²) in [7, 11) is 1.66. The van der Waals surface area contributed by atoms with E-state index >= 15 is 0 Å². The van der Waals surface area contributed by atoms with Crippen molar-refractivity contribution >= 4 is 40.8 Å². The van der Waals surface area contributed by atoms with Gasteiger partial charge in [0.1, 0.15) is 5.75 Å². The molecule has 0 aliphatic carbocycles. The van der Waals surface area contributed by atoms with Crippen LogP contribution in [0, 0.1) is 0 Å². The Labute approximate surface area is 186 Å². The third-order valence-electron chi connectivity index (χ3n) is 5.72. The number of nitrogens with zero attached hydrogens (tertiary/aromatic N) is 2. The molecule has 4 aromatic rings. The molecule has 3 aromatic carbocycles. The van der Waals surface area contributed by atoms with Gasteiger partial charge in [0.05, 0.1) is 18.6 Å². The fraction of sp³-hybridized carbons (Fsp3) is 0.0400. The van der Waals surface area contributed by atoms with Crippen LogP contribution in [-0.4, -0.2) is 18.6 Å². The number of methoxy groups -OCH3 is 1. The molecule has 0 saturated carbocycles. The van der Waals surface area contributed by atoms with Crippen LogP contribution in [0.3, 0.4) is 0 Å². The lowest BCUT2D eigenvalue weighted by Crippen LogP contribution is -2.81. The summed E-state index contributed by atoms with van der Waals surface area (Å²) < 4.78 is 14.3. The van der Waals surface area contributed by atoms with Gasteiger partial charge in [-0.05, 0) is 40.9 Å². The van der Waals surface area contributed by atoms with Crippen molar-refractivity contribution in [3.05, 3.63) is 114 Å². The van der Waals surface area contributed by atoms with Crippen LogP contribution >= 0.6 is 11.6 Å². The number of aromatic nitrogens is 2. The number of benzene rings is 3. The van der Waals surface area contributed by atoms with Gasteiger partial charge in [0.2, 0.25) is 11.5 Å². The molecule has 0 bridgehead atoms. The van der Waals surface area contributed by atoms with Gasteiger partial charge < -0.3 is 13.9 Å². The summed E-state index contributed by atoms with van der Waals surface area (Å²) in [6.45, 7) is -1.85. The zero-order valence-electron chi connectivity index (χ0n) is 17.0. The van der Waals surface area contributed by atoms with Crippen LogP contribution in [-0.2, 0) is 4.65 Å². The lowest BCUT2D eigenvalue weighted by atomic mass is 9.40. The highest BCUT2D eigenvalue weighted by Crippen LogP contribution is 2.28. The topological polar surface area (TPSA) is 35.2 Å². The van der Waals surface area contributed by atoms with E-state index in [1.165, 1.54) is 0 Å². The second kappa shape index (κ2) is 7.93. The maximum absolute atomic E-state index is 6.93. The molecule has 152 valence electrons. The highest BCUT2D eigenvalue weighted by atomic mass is 35.5. The van der Waals surface area contributed by atoms with Gasteiger partial charge in [0, 0.05) is 17.7 Å². The maximum atomic E-state index is 6.93. The Bertz CT molecular complexity index is 1210. The first kappa shape index (κ1) is 19.4. The first-order valence-corrected chi connectivity index (χ1v) is 10.5. The lowest BCUT2D eigenvalue weighted by molar-refractivity contribution is -0.561. The third kappa shape index (κ3) is 3.37.